The number of carbonyl (C=O) groups excluding carboxylic acids is 1. The van der Waals surface area contributed by atoms with Gasteiger partial charge < -0.3 is 10.4 Å². The van der Waals surface area contributed by atoms with Gasteiger partial charge >= 0.3 is 5.97 Å². The van der Waals surface area contributed by atoms with Crippen LogP contribution >= 0.6 is 0 Å². The van der Waals surface area contributed by atoms with E-state index in [4.69, 9.17) is 10.4 Å². The molecule has 1 rings (SSSR count). The molecule has 0 fully saturated rings. The van der Waals surface area contributed by atoms with E-state index in [1.807, 2.05) is 0 Å². The van der Waals surface area contributed by atoms with Crippen LogP contribution in [0.15, 0.2) is 12.1 Å². The summed E-state index contributed by atoms with van der Waals surface area (Å²) in [7, 11) is 0. The van der Waals surface area contributed by atoms with Crippen LogP contribution in [0.25, 0.3) is 0 Å². The Balaban J connectivity index is 2.95. The standard InChI is InChI=1S/C14H15FN2O3/c1-8-10(15)4-9(7-16)5-11(8)17-12(18)6-14(2,3)13(19)20/h4-5H,6H2,1-3H3,(H,17,18)(H,19,20). The van der Waals surface area contributed by atoms with Gasteiger partial charge in [0.2, 0.25) is 5.91 Å². The third-order valence-corrected chi connectivity index (χ3v) is 2.93. The first kappa shape index (κ1) is 15.6. The van der Waals surface area contributed by atoms with Gasteiger partial charge in [-0.05, 0) is 32.9 Å². The molecule has 2 N–H and O–H groups in total. The number of nitrogens with zero attached hydrogens (tertiary/aromatic N) is 1. The van der Waals surface area contributed by atoms with Gasteiger partial charge in [-0.15, -0.1) is 0 Å². The van der Waals surface area contributed by atoms with Crippen molar-refractivity contribution in [1.29, 1.82) is 5.26 Å². The monoisotopic (exact) mass is 278 g/mol. The first-order chi connectivity index (χ1) is 9.17. The van der Waals surface area contributed by atoms with Crippen LogP contribution in [-0.2, 0) is 9.59 Å². The van der Waals surface area contributed by atoms with Gasteiger partial charge in [0.25, 0.3) is 0 Å². The predicted molar refractivity (Wildman–Crippen MR) is 70.5 cm³/mol. The molecule has 0 aliphatic rings. The van der Waals surface area contributed by atoms with Crippen molar-refractivity contribution in [3.63, 3.8) is 0 Å². The predicted octanol–water partition coefficient (Wildman–Crippen LogP) is 2.45. The second-order valence-electron chi connectivity index (χ2n) is 5.16. The molecule has 0 aromatic heterocycles. The van der Waals surface area contributed by atoms with Gasteiger partial charge in [-0.1, -0.05) is 0 Å². The molecule has 0 saturated carbocycles. The number of anilines is 1. The van der Waals surface area contributed by atoms with Crippen LogP contribution in [0.2, 0.25) is 0 Å². The fourth-order valence-corrected chi connectivity index (χ4v) is 1.54. The van der Waals surface area contributed by atoms with Crippen molar-refractivity contribution in [2.75, 3.05) is 5.32 Å². The van der Waals surface area contributed by atoms with Gasteiger partial charge in [-0.3, -0.25) is 9.59 Å². The normalized spacial score (nSPS) is 10.8. The Kier molecular flexibility index (Phi) is 4.45. The molecular weight excluding hydrogens is 263 g/mol. The molecule has 0 aliphatic carbocycles. The van der Waals surface area contributed by atoms with Crippen LogP contribution in [0.3, 0.4) is 0 Å². The lowest BCUT2D eigenvalue weighted by Crippen LogP contribution is -2.29. The van der Waals surface area contributed by atoms with E-state index >= 15 is 0 Å². The maximum Gasteiger partial charge on any atom is 0.309 e. The van der Waals surface area contributed by atoms with E-state index in [0.29, 0.717) is 0 Å². The summed E-state index contributed by atoms with van der Waals surface area (Å²) in [5.41, 5.74) is -0.761. The quantitative estimate of drug-likeness (QED) is 0.885. The number of halogens is 1. The highest BCUT2D eigenvalue weighted by Gasteiger charge is 2.30. The highest BCUT2D eigenvalue weighted by molar-refractivity contribution is 5.94. The third kappa shape index (κ3) is 3.54. The zero-order valence-electron chi connectivity index (χ0n) is 11.5. The van der Waals surface area contributed by atoms with Crippen molar-refractivity contribution in [3.05, 3.63) is 29.1 Å². The number of carbonyl (C=O) groups is 2. The number of nitriles is 1. The summed E-state index contributed by atoms with van der Waals surface area (Å²) in [5, 5.41) is 20.2. The van der Waals surface area contributed by atoms with Gasteiger partial charge in [0.15, 0.2) is 0 Å². The van der Waals surface area contributed by atoms with E-state index in [0.717, 1.165) is 6.07 Å². The molecule has 0 aliphatic heterocycles. The van der Waals surface area contributed by atoms with Crippen LogP contribution in [-0.4, -0.2) is 17.0 Å². The summed E-state index contributed by atoms with van der Waals surface area (Å²) in [6, 6.07) is 4.22. The number of carboxylic acids is 1. The van der Waals surface area contributed by atoms with Crippen LogP contribution < -0.4 is 5.32 Å². The van der Waals surface area contributed by atoms with Gasteiger partial charge in [0.1, 0.15) is 5.82 Å². The Labute approximate surface area is 116 Å². The largest absolute Gasteiger partial charge is 0.481 e. The zero-order chi connectivity index (χ0) is 15.5. The molecule has 0 saturated heterocycles. The van der Waals surface area contributed by atoms with Crippen molar-refractivity contribution in [2.24, 2.45) is 5.41 Å². The van der Waals surface area contributed by atoms with Gasteiger partial charge in [-0.2, -0.15) is 5.26 Å². The van der Waals surface area contributed by atoms with E-state index in [2.05, 4.69) is 5.32 Å². The molecule has 106 valence electrons. The van der Waals surface area contributed by atoms with E-state index in [-0.39, 0.29) is 23.2 Å². The molecular formula is C14H15FN2O3. The van der Waals surface area contributed by atoms with E-state index in [9.17, 15) is 14.0 Å². The van der Waals surface area contributed by atoms with E-state index in [1.165, 1.54) is 26.8 Å². The van der Waals surface area contributed by atoms with E-state index < -0.39 is 23.1 Å². The van der Waals surface area contributed by atoms with Crippen molar-refractivity contribution >= 4 is 17.6 Å². The average molecular weight is 278 g/mol. The molecule has 0 unspecified atom stereocenters. The minimum Gasteiger partial charge on any atom is -0.481 e. The minimum absolute atomic E-state index is 0.0842. The Bertz CT molecular complexity index is 603. The van der Waals surface area contributed by atoms with Crippen LogP contribution in [0.1, 0.15) is 31.4 Å². The van der Waals surface area contributed by atoms with Gasteiger partial charge in [-0.25, -0.2) is 4.39 Å². The number of hydrogen-bond acceptors (Lipinski definition) is 3. The second-order valence-corrected chi connectivity index (χ2v) is 5.16. The molecule has 1 aromatic carbocycles. The van der Waals surface area contributed by atoms with Crippen molar-refractivity contribution in [2.45, 2.75) is 27.2 Å². The number of carboxylic acid groups (broad SMARTS) is 1. The minimum atomic E-state index is -1.22. The Morgan fingerprint density at radius 3 is 2.55 bits per heavy atom. The zero-order valence-corrected chi connectivity index (χ0v) is 11.5. The summed E-state index contributed by atoms with van der Waals surface area (Å²) >= 11 is 0. The lowest BCUT2D eigenvalue weighted by molar-refractivity contribution is -0.148. The first-order valence-electron chi connectivity index (χ1n) is 5.91. The SMILES string of the molecule is Cc1c(F)cc(C#N)cc1NC(=O)CC(C)(C)C(=O)O. The second kappa shape index (κ2) is 5.70. The summed E-state index contributed by atoms with van der Waals surface area (Å²) in [5.74, 6) is -2.24. The fraction of sp³-hybridized carbons (Fsp3) is 0.357. The molecule has 0 heterocycles. The van der Waals surface area contributed by atoms with Gasteiger partial charge in [0.05, 0.1) is 17.0 Å². The van der Waals surface area contributed by atoms with Gasteiger partial charge in [0, 0.05) is 17.7 Å². The Hall–Kier alpha value is -2.42. The van der Waals surface area contributed by atoms with Crippen LogP contribution in [0, 0.1) is 29.5 Å². The molecule has 0 radical (unpaired) electrons. The fourth-order valence-electron chi connectivity index (χ4n) is 1.54. The smallest absolute Gasteiger partial charge is 0.309 e. The molecule has 6 heteroatoms. The maximum absolute atomic E-state index is 13.5. The van der Waals surface area contributed by atoms with Crippen LogP contribution in [0.4, 0.5) is 10.1 Å². The molecule has 20 heavy (non-hydrogen) atoms. The Morgan fingerprint density at radius 2 is 2.05 bits per heavy atom. The lowest BCUT2D eigenvalue weighted by Gasteiger charge is -2.18. The number of nitrogens with one attached hydrogen (secondary N) is 1. The summed E-state index contributed by atoms with van der Waals surface area (Å²) in [6.07, 6.45) is -0.250. The average Bonchev–Trinajstić information content (AvgIpc) is 2.33. The molecule has 0 spiro atoms. The highest BCUT2D eigenvalue weighted by atomic mass is 19.1. The topological polar surface area (TPSA) is 90.2 Å². The number of benzene rings is 1. The van der Waals surface area contributed by atoms with Crippen molar-refractivity contribution in [3.8, 4) is 6.07 Å². The maximum atomic E-state index is 13.5. The summed E-state index contributed by atoms with van der Waals surface area (Å²) in [6.45, 7) is 4.32. The molecule has 0 atom stereocenters. The third-order valence-electron chi connectivity index (χ3n) is 2.93. The molecule has 0 bridgehead atoms. The number of rotatable bonds is 4. The Morgan fingerprint density at radius 1 is 1.45 bits per heavy atom. The summed E-state index contributed by atoms with van der Waals surface area (Å²) in [4.78, 5) is 22.8. The molecule has 1 aromatic rings. The van der Waals surface area contributed by atoms with Crippen molar-refractivity contribution < 1.29 is 19.1 Å². The number of amides is 1. The lowest BCUT2D eigenvalue weighted by atomic mass is 9.89. The molecule has 5 nitrogen and oxygen atoms in total. The number of aliphatic carboxylic acids is 1. The van der Waals surface area contributed by atoms with Crippen LogP contribution in [0.5, 0.6) is 0 Å². The van der Waals surface area contributed by atoms with E-state index in [1.54, 1.807) is 6.07 Å². The molecule has 1 amide bonds. The highest BCUT2D eigenvalue weighted by Crippen LogP contribution is 2.24. The first-order valence-corrected chi connectivity index (χ1v) is 5.91. The number of hydrogen-bond donors (Lipinski definition) is 2. The summed E-state index contributed by atoms with van der Waals surface area (Å²) < 4.78 is 13.5. The van der Waals surface area contributed by atoms with Crippen molar-refractivity contribution in [1.82, 2.24) is 0 Å².